The molecule has 116 valence electrons. The van der Waals surface area contributed by atoms with Crippen LogP contribution in [0.15, 0.2) is 24.3 Å². The number of piperidine rings is 1. The SMILES string of the molecule is CC(C)(C)OC(=O)NC1CCCN(c2cccc(F)c2)C1. The van der Waals surface area contributed by atoms with Crippen molar-refractivity contribution < 1.29 is 13.9 Å². The topological polar surface area (TPSA) is 41.6 Å². The lowest BCUT2D eigenvalue weighted by atomic mass is 10.1. The van der Waals surface area contributed by atoms with E-state index >= 15 is 0 Å². The maximum Gasteiger partial charge on any atom is 0.407 e. The first kappa shape index (κ1) is 15.6. The molecular weight excluding hydrogens is 271 g/mol. The standard InChI is InChI=1S/C16H23FN2O2/c1-16(2,3)21-15(20)18-13-7-5-9-19(11-13)14-8-4-6-12(17)10-14/h4,6,8,10,13H,5,7,9,11H2,1-3H3,(H,18,20). The lowest BCUT2D eigenvalue weighted by Crippen LogP contribution is -2.49. The number of alkyl carbamates (subject to hydrolysis) is 1. The smallest absolute Gasteiger partial charge is 0.407 e. The maximum atomic E-state index is 13.3. The summed E-state index contributed by atoms with van der Waals surface area (Å²) in [6.07, 6.45) is 1.47. The van der Waals surface area contributed by atoms with E-state index in [9.17, 15) is 9.18 Å². The summed E-state index contributed by atoms with van der Waals surface area (Å²) in [6.45, 7) is 7.06. The number of carbonyl (C=O) groups excluding carboxylic acids is 1. The number of hydrogen-bond donors (Lipinski definition) is 1. The quantitative estimate of drug-likeness (QED) is 0.909. The number of benzene rings is 1. The minimum atomic E-state index is -0.499. The Balaban J connectivity index is 1.93. The maximum absolute atomic E-state index is 13.3. The van der Waals surface area contributed by atoms with Crippen molar-refractivity contribution in [2.45, 2.75) is 45.3 Å². The highest BCUT2D eigenvalue weighted by atomic mass is 19.1. The number of ether oxygens (including phenoxy) is 1. The number of hydrogen-bond acceptors (Lipinski definition) is 3. The van der Waals surface area contributed by atoms with Gasteiger partial charge < -0.3 is 15.0 Å². The van der Waals surface area contributed by atoms with E-state index in [-0.39, 0.29) is 11.9 Å². The molecule has 1 aliphatic rings. The lowest BCUT2D eigenvalue weighted by molar-refractivity contribution is 0.0500. The molecule has 1 aromatic rings. The van der Waals surface area contributed by atoms with Crippen LogP contribution in [0.1, 0.15) is 33.6 Å². The number of amides is 1. The molecule has 1 amide bonds. The van der Waals surface area contributed by atoms with E-state index in [2.05, 4.69) is 10.2 Å². The number of anilines is 1. The van der Waals surface area contributed by atoms with Crippen molar-refractivity contribution in [3.63, 3.8) is 0 Å². The van der Waals surface area contributed by atoms with Gasteiger partial charge in [-0.3, -0.25) is 0 Å². The highest BCUT2D eigenvalue weighted by molar-refractivity contribution is 5.68. The van der Waals surface area contributed by atoms with Crippen molar-refractivity contribution in [1.82, 2.24) is 5.32 Å². The molecule has 4 nitrogen and oxygen atoms in total. The largest absolute Gasteiger partial charge is 0.444 e. The molecule has 1 unspecified atom stereocenters. The van der Waals surface area contributed by atoms with Crippen LogP contribution in [0, 0.1) is 5.82 Å². The van der Waals surface area contributed by atoms with Gasteiger partial charge in [0.25, 0.3) is 0 Å². The van der Waals surface area contributed by atoms with Crippen molar-refractivity contribution in [1.29, 1.82) is 0 Å². The predicted molar refractivity (Wildman–Crippen MR) is 81.0 cm³/mol. The first-order valence-electron chi connectivity index (χ1n) is 7.33. The Morgan fingerprint density at radius 2 is 2.19 bits per heavy atom. The molecule has 21 heavy (non-hydrogen) atoms. The van der Waals surface area contributed by atoms with Gasteiger partial charge >= 0.3 is 6.09 Å². The van der Waals surface area contributed by atoms with Crippen LogP contribution in [0.5, 0.6) is 0 Å². The van der Waals surface area contributed by atoms with Crippen molar-refractivity contribution in [3.05, 3.63) is 30.1 Å². The van der Waals surface area contributed by atoms with Crippen LogP contribution in [0.4, 0.5) is 14.9 Å². The van der Waals surface area contributed by atoms with E-state index in [1.165, 1.54) is 12.1 Å². The van der Waals surface area contributed by atoms with Crippen LogP contribution in [-0.4, -0.2) is 30.8 Å². The van der Waals surface area contributed by atoms with E-state index in [1.807, 2.05) is 26.8 Å². The Kier molecular flexibility index (Phi) is 4.70. The summed E-state index contributed by atoms with van der Waals surface area (Å²) in [5, 5.41) is 2.89. The zero-order chi connectivity index (χ0) is 15.5. The van der Waals surface area contributed by atoms with Gasteiger partial charge in [0, 0.05) is 24.8 Å². The highest BCUT2D eigenvalue weighted by Crippen LogP contribution is 2.21. The molecule has 0 aliphatic carbocycles. The molecule has 0 aromatic heterocycles. The lowest BCUT2D eigenvalue weighted by Gasteiger charge is -2.35. The molecule has 1 aliphatic heterocycles. The summed E-state index contributed by atoms with van der Waals surface area (Å²) in [7, 11) is 0. The summed E-state index contributed by atoms with van der Waals surface area (Å²) < 4.78 is 18.6. The average molecular weight is 294 g/mol. The number of nitrogens with zero attached hydrogens (tertiary/aromatic N) is 1. The van der Waals surface area contributed by atoms with Crippen LogP contribution in [-0.2, 0) is 4.74 Å². The molecule has 1 fully saturated rings. The van der Waals surface area contributed by atoms with Crippen molar-refractivity contribution >= 4 is 11.8 Å². The minimum absolute atomic E-state index is 0.0249. The van der Waals surface area contributed by atoms with E-state index in [0.717, 1.165) is 25.1 Å². The molecule has 0 radical (unpaired) electrons. The van der Waals surface area contributed by atoms with Gasteiger partial charge in [0.05, 0.1) is 0 Å². The van der Waals surface area contributed by atoms with Crippen LogP contribution in [0.2, 0.25) is 0 Å². The van der Waals surface area contributed by atoms with Gasteiger partial charge in [-0.25, -0.2) is 9.18 Å². The van der Waals surface area contributed by atoms with E-state index < -0.39 is 11.7 Å². The molecule has 1 saturated heterocycles. The van der Waals surface area contributed by atoms with Crippen LogP contribution in [0.25, 0.3) is 0 Å². The molecule has 1 N–H and O–H groups in total. The fourth-order valence-electron chi connectivity index (χ4n) is 2.48. The number of nitrogens with one attached hydrogen (secondary N) is 1. The number of carbonyl (C=O) groups is 1. The van der Waals surface area contributed by atoms with Gasteiger partial charge in [0.15, 0.2) is 0 Å². The monoisotopic (exact) mass is 294 g/mol. The minimum Gasteiger partial charge on any atom is -0.444 e. The third-order valence-corrected chi connectivity index (χ3v) is 3.32. The third-order valence-electron chi connectivity index (χ3n) is 3.32. The van der Waals surface area contributed by atoms with Gasteiger partial charge in [-0.1, -0.05) is 6.07 Å². The third kappa shape index (κ3) is 4.92. The zero-order valence-corrected chi connectivity index (χ0v) is 12.9. The molecule has 0 spiro atoms. The fraction of sp³-hybridized carbons (Fsp3) is 0.562. The molecule has 0 saturated carbocycles. The summed E-state index contributed by atoms with van der Waals surface area (Å²) in [4.78, 5) is 13.9. The predicted octanol–water partition coefficient (Wildman–Crippen LogP) is 3.32. The van der Waals surface area contributed by atoms with E-state index in [1.54, 1.807) is 6.07 Å². The van der Waals surface area contributed by atoms with Crippen molar-refractivity contribution in [3.8, 4) is 0 Å². The summed E-state index contributed by atoms with van der Waals surface area (Å²) >= 11 is 0. The number of halogens is 1. The Morgan fingerprint density at radius 1 is 1.43 bits per heavy atom. The summed E-state index contributed by atoms with van der Waals surface area (Å²) in [5.41, 5.74) is 0.353. The fourth-order valence-corrected chi connectivity index (χ4v) is 2.48. The summed E-state index contributed by atoms with van der Waals surface area (Å²) in [5.74, 6) is -0.241. The van der Waals surface area contributed by atoms with Gasteiger partial charge in [0.2, 0.25) is 0 Å². The zero-order valence-electron chi connectivity index (χ0n) is 12.9. The molecule has 2 rings (SSSR count). The Bertz CT molecular complexity index is 499. The molecule has 1 aromatic carbocycles. The second-order valence-electron chi connectivity index (χ2n) is 6.41. The Hall–Kier alpha value is -1.78. The summed E-state index contributed by atoms with van der Waals surface area (Å²) in [6, 6.07) is 6.57. The van der Waals surface area contributed by atoms with Crippen molar-refractivity contribution in [2.24, 2.45) is 0 Å². The van der Waals surface area contributed by atoms with Gasteiger partial charge in [-0.2, -0.15) is 0 Å². The first-order valence-corrected chi connectivity index (χ1v) is 7.33. The van der Waals surface area contributed by atoms with E-state index in [0.29, 0.717) is 6.54 Å². The van der Waals surface area contributed by atoms with Crippen molar-refractivity contribution in [2.75, 3.05) is 18.0 Å². The molecule has 0 bridgehead atoms. The van der Waals surface area contributed by atoms with Crippen LogP contribution in [0.3, 0.4) is 0 Å². The Labute approximate surface area is 125 Å². The second-order valence-corrected chi connectivity index (χ2v) is 6.41. The molecule has 5 heteroatoms. The van der Waals surface area contributed by atoms with Gasteiger partial charge in [0.1, 0.15) is 11.4 Å². The van der Waals surface area contributed by atoms with Crippen LogP contribution >= 0.6 is 0 Å². The van der Waals surface area contributed by atoms with Crippen LogP contribution < -0.4 is 10.2 Å². The van der Waals surface area contributed by atoms with E-state index in [4.69, 9.17) is 4.74 Å². The Morgan fingerprint density at radius 3 is 2.86 bits per heavy atom. The first-order chi connectivity index (χ1) is 9.83. The number of rotatable bonds is 2. The van der Waals surface area contributed by atoms with Gasteiger partial charge in [-0.05, 0) is 51.8 Å². The molecular formula is C16H23FN2O2. The normalized spacial score (nSPS) is 19.2. The van der Waals surface area contributed by atoms with Gasteiger partial charge in [-0.15, -0.1) is 0 Å². The molecule has 1 heterocycles. The molecule has 1 atom stereocenters. The average Bonchev–Trinajstić information content (AvgIpc) is 2.36. The second kappa shape index (κ2) is 6.33. The highest BCUT2D eigenvalue weighted by Gasteiger charge is 2.24.